The molecule has 0 aliphatic rings. The predicted molar refractivity (Wildman–Crippen MR) is 145 cm³/mol. The fraction of sp³-hybridized carbons (Fsp3) is 0.286. The first-order chi connectivity index (χ1) is 17.4. The Morgan fingerprint density at radius 3 is 2.54 bits per heavy atom. The van der Waals surface area contributed by atoms with Crippen LogP contribution in [0.3, 0.4) is 0 Å². The summed E-state index contributed by atoms with van der Waals surface area (Å²) in [6.07, 6.45) is 2.67. The quantitative estimate of drug-likeness (QED) is 0.352. The zero-order valence-corrected chi connectivity index (χ0v) is 22.8. The smallest absolute Gasteiger partial charge is 0.407 e. The van der Waals surface area contributed by atoms with Crippen LogP contribution in [0.2, 0.25) is 0 Å². The number of carbonyl (C=O) groups is 2. The Kier molecular flexibility index (Phi) is 8.42. The largest absolute Gasteiger partial charge is 0.496 e. The molecule has 0 unspecified atom stereocenters. The van der Waals surface area contributed by atoms with Crippen LogP contribution in [0, 0.1) is 22.7 Å². The van der Waals surface area contributed by atoms with Crippen molar-refractivity contribution in [2.75, 3.05) is 7.11 Å². The van der Waals surface area contributed by atoms with Crippen molar-refractivity contribution in [3.8, 4) is 17.9 Å². The average Bonchev–Trinajstić information content (AvgIpc) is 3.19. The highest BCUT2D eigenvalue weighted by molar-refractivity contribution is 9.10. The maximum absolute atomic E-state index is 13.3. The zero-order chi connectivity index (χ0) is 27.3. The molecule has 3 aromatic rings. The standard InChI is InChI=1S/C28H27BrN4O4/c1-17(32-27(35)37-28(2,3)4)10-26(34)33-16-23(22-13-21(29)7-8-24(22)33)20(15-31)12-19-11-18(14-30)6-9-25(19)36-5/h6-9,11-13,16-17H,10H2,1-5H3,(H,32,35)/b20-12+/t17-/m0/s1. The van der Waals surface area contributed by atoms with E-state index in [9.17, 15) is 20.1 Å². The van der Waals surface area contributed by atoms with E-state index in [0.29, 0.717) is 38.9 Å². The minimum Gasteiger partial charge on any atom is -0.496 e. The van der Waals surface area contributed by atoms with E-state index in [1.807, 2.05) is 12.1 Å². The minimum atomic E-state index is -0.651. The van der Waals surface area contributed by atoms with E-state index in [-0.39, 0.29) is 12.3 Å². The van der Waals surface area contributed by atoms with Crippen LogP contribution in [0.15, 0.2) is 47.1 Å². The normalized spacial score (nSPS) is 12.4. The number of hydrogen-bond donors (Lipinski definition) is 1. The summed E-state index contributed by atoms with van der Waals surface area (Å²) in [5.74, 6) is 0.248. The molecule has 0 saturated heterocycles. The summed E-state index contributed by atoms with van der Waals surface area (Å²) in [4.78, 5) is 25.4. The molecule has 0 spiro atoms. The molecule has 1 heterocycles. The van der Waals surface area contributed by atoms with Gasteiger partial charge >= 0.3 is 6.09 Å². The summed E-state index contributed by atoms with van der Waals surface area (Å²) in [5, 5.41) is 22.7. The van der Waals surface area contributed by atoms with E-state index >= 15 is 0 Å². The number of methoxy groups -OCH3 is 1. The summed E-state index contributed by atoms with van der Waals surface area (Å²) in [6.45, 7) is 7.02. The number of benzene rings is 2. The average molecular weight is 563 g/mol. The molecular weight excluding hydrogens is 536 g/mol. The molecule has 37 heavy (non-hydrogen) atoms. The number of ether oxygens (including phenoxy) is 2. The maximum Gasteiger partial charge on any atom is 0.407 e. The van der Waals surface area contributed by atoms with Crippen molar-refractivity contribution >= 4 is 50.5 Å². The van der Waals surface area contributed by atoms with Crippen LogP contribution in [0.1, 0.15) is 55.6 Å². The molecule has 0 fully saturated rings. The Balaban J connectivity index is 2.01. The van der Waals surface area contributed by atoms with Crippen LogP contribution in [0.4, 0.5) is 4.79 Å². The van der Waals surface area contributed by atoms with Crippen molar-refractivity contribution in [3.05, 3.63) is 63.8 Å². The highest BCUT2D eigenvalue weighted by Gasteiger charge is 2.22. The van der Waals surface area contributed by atoms with Crippen LogP contribution >= 0.6 is 15.9 Å². The molecule has 1 amide bonds. The molecule has 1 N–H and O–H groups in total. The topological polar surface area (TPSA) is 117 Å². The third kappa shape index (κ3) is 6.78. The Hall–Kier alpha value is -4.08. The molecule has 190 valence electrons. The number of allylic oxidation sites excluding steroid dienone is 1. The van der Waals surface area contributed by atoms with Gasteiger partial charge in [0.1, 0.15) is 11.4 Å². The highest BCUT2D eigenvalue weighted by atomic mass is 79.9. The van der Waals surface area contributed by atoms with Crippen LogP contribution in [-0.2, 0) is 4.74 Å². The number of hydrogen-bond acceptors (Lipinski definition) is 6. The van der Waals surface area contributed by atoms with Gasteiger partial charge in [0.05, 0.1) is 35.9 Å². The first-order valence-corrected chi connectivity index (χ1v) is 12.3. The SMILES string of the molecule is COc1ccc(C#N)cc1/C=C(\C#N)c1cn(C(=O)C[C@H](C)NC(=O)OC(C)(C)C)c2ccc(Br)cc12. The van der Waals surface area contributed by atoms with Gasteiger partial charge in [-0.25, -0.2) is 4.79 Å². The summed E-state index contributed by atoms with van der Waals surface area (Å²) in [6, 6.07) is 14.2. The lowest BCUT2D eigenvalue weighted by atomic mass is 10.0. The molecule has 1 aromatic heterocycles. The van der Waals surface area contributed by atoms with Gasteiger partial charge in [-0.05, 0) is 70.2 Å². The molecule has 2 aromatic carbocycles. The number of nitrogens with zero attached hydrogens (tertiary/aromatic N) is 3. The van der Waals surface area contributed by atoms with Crippen LogP contribution in [0.5, 0.6) is 5.75 Å². The first kappa shape index (κ1) is 27.5. The summed E-state index contributed by atoms with van der Waals surface area (Å²) in [7, 11) is 1.51. The maximum atomic E-state index is 13.3. The molecule has 0 saturated carbocycles. The van der Waals surface area contributed by atoms with Gasteiger partial charge in [0.15, 0.2) is 0 Å². The van der Waals surface area contributed by atoms with E-state index < -0.39 is 17.7 Å². The van der Waals surface area contributed by atoms with Crippen molar-refractivity contribution in [1.29, 1.82) is 10.5 Å². The number of halogens is 1. The van der Waals surface area contributed by atoms with E-state index in [1.165, 1.54) is 11.7 Å². The van der Waals surface area contributed by atoms with Gasteiger partial charge in [-0.2, -0.15) is 10.5 Å². The third-order valence-corrected chi connectivity index (χ3v) is 5.84. The van der Waals surface area contributed by atoms with E-state index in [2.05, 4.69) is 33.4 Å². The molecule has 0 radical (unpaired) electrons. The molecule has 1 atom stereocenters. The zero-order valence-electron chi connectivity index (χ0n) is 21.3. The number of nitriles is 2. The van der Waals surface area contributed by atoms with Crippen molar-refractivity contribution in [3.63, 3.8) is 0 Å². The molecule has 0 aliphatic heterocycles. The molecular formula is C28H27BrN4O4. The first-order valence-electron chi connectivity index (χ1n) is 11.5. The van der Waals surface area contributed by atoms with Crippen molar-refractivity contribution < 1.29 is 19.1 Å². The lowest BCUT2D eigenvalue weighted by Crippen LogP contribution is -2.39. The Morgan fingerprint density at radius 1 is 1.19 bits per heavy atom. The monoisotopic (exact) mass is 562 g/mol. The predicted octanol–water partition coefficient (Wildman–Crippen LogP) is 6.29. The second-order valence-corrected chi connectivity index (χ2v) is 10.4. The van der Waals surface area contributed by atoms with Gasteiger partial charge in [0, 0.05) is 39.6 Å². The summed E-state index contributed by atoms with van der Waals surface area (Å²) >= 11 is 3.47. The fourth-order valence-electron chi connectivity index (χ4n) is 3.79. The van der Waals surface area contributed by atoms with Crippen LogP contribution < -0.4 is 10.1 Å². The van der Waals surface area contributed by atoms with Gasteiger partial charge in [-0.3, -0.25) is 9.36 Å². The second kappa shape index (κ2) is 11.3. The number of amides is 1. The second-order valence-electron chi connectivity index (χ2n) is 9.46. The third-order valence-electron chi connectivity index (χ3n) is 5.35. The van der Waals surface area contributed by atoms with Gasteiger partial charge < -0.3 is 14.8 Å². The van der Waals surface area contributed by atoms with Gasteiger partial charge in [0.2, 0.25) is 5.91 Å². The number of carbonyl (C=O) groups excluding carboxylic acids is 2. The highest BCUT2D eigenvalue weighted by Crippen LogP contribution is 2.33. The molecule has 9 heteroatoms. The van der Waals surface area contributed by atoms with Crippen LogP contribution in [-0.4, -0.2) is 35.3 Å². The van der Waals surface area contributed by atoms with E-state index in [0.717, 1.165) is 4.47 Å². The minimum absolute atomic E-state index is 0.0160. The van der Waals surface area contributed by atoms with Crippen molar-refractivity contribution in [2.24, 2.45) is 0 Å². The fourth-order valence-corrected chi connectivity index (χ4v) is 4.15. The molecule has 0 aliphatic carbocycles. The van der Waals surface area contributed by atoms with Crippen molar-refractivity contribution in [2.45, 2.75) is 45.8 Å². The number of fused-ring (bicyclic) bond motifs is 1. The Bertz CT molecular complexity index is 1470. The van der Waals surface area contributed by atoms with Crippen LogP contribution in [0.25, 0.3) is 22.6 Å². The van der Waals surface area contributed by atoms with Gasteiger partial charge in [0.25, 0.3) is 0 Å². The van der Waals surface area contributed by atoms with Gasteiger partial charge in [-0.1, -0.05) is 15.9 Å². The van der Waals surface area contributed by atoms with Gasteiger partial charge in [-0.15, -0.1) is 0 Å². The van der Waals surface area contributed by atoms with E-state index in [1.54, 1.807) is 64.2 Å². The number of nitrogens with one attached hydrogen (secondary N) is 1. The van der Waals surface area contributed by atoms with E-state index in [4.69, 9.17) is 9.47 Å². The molecule has 0 bridgehead atoms. The number of aromatic nitrogens is 1. The Labute approximate surface area is 224 Å². The molecule has 3 rings (SSSR count). The number of rotatable bonds is 6. The summed E-state index contributed by atoms with van der Waals surface area (Å²) < 4.78 is 13.0. The number of alkyl carbamates (subject to hydrolysis) is 1. The molecule has 8 nitrogen and oxygen atoms in total. The lowest BCUT2D eigenvalue weighted by molar-refractivity contribution is 0.0505. The van der Waals surface area contributed by atoms with Crippen molar-refractivity contribution in [1.82, 2.24) is 9.88 Å². The lowest BCUT2D eigenvalue weighted by Gasteiger charge is -2.21. The Morgan fingerprint density at radius 2 is 1.92 bits per heavy atom. The summed E-state index contributed by atoms with van der Waals surface area (Å²) in [5.41, 5.74) is 1.80.